The van der Waals surface area contributed by atoms with E-state index in [4.69, 9.17) is 11.6 Å². The van der Waals surface area contributed by atoms with Crippen LogP contribution in [0.15, 0.2) is 29.8 Å². The summed E-state index contributed by atoms with van der Waals surface area (Å²) < 4.78 is 26.2. The van der Waals surface area contributed by atoms with E-state index in [1.807, 2.05) is 6.07 Å². The molecule has 0 saturated heterocycles. The van der Waals surface area contributed by atoms with E-state index < -0.39 is 32.4 Å². The average Bonchev–Trinajstić information content (AvgIpc) is 2.93. The van der Waals surface area contributed by atoms with Crippen LogP contribution in [0.1, 0.15) is 35.6 Å². The molecule has 0 aromatic heterocycles. The molecule has 23 heavy (non-hydrogen) atoms. The molecule has 3 rings (SSSR count). The van der Waals surface area contributed by atoms with Crippen molar-refractivity contribution in [1.82, 2.24) is 0 Å². The first kappa shape index (κ1) is 16.5. The second kappa shape index (κ2) is 5.92. The number of rotatable bonds is 3. The van der Waals surface area contributed by atoms with Gasteiger partial charge in [0.25, 0.3) is 0 Å². The first-order valence-electron chi connectivity index (χ1n) is 7.45. The van der Waals surface area contributed by atoms with E-state index in [0.29, 0.717) is 23.4 Å². The molecule has 0 saturated carbocycles. The molecule has 0 radical (unpaired) electrons. The van der Waals surface area contributed by atoms with Gasteiger partial charge in [-0.1, -0.05) is 23.7 Å². The Bertz CT molecular complexity index is 784. The lowest BCUT2D eigenvalue weighted by Gasteiger charge is -2.27. The van der Waals surface area contributed by atoms with Crippen molar-refractivity contribution in [1.29, 1.82) is 0 Å². The van der Waals surface area contributed by atoms with E-state index in [1.165, 1.54) is 0 Å². The number of fused-ring (bicyclic) bond motifs is 1. The van der Waals surface area contributed by atoms with Gasteiger partial charge in [0.2, 0.25) is 0 Å². The molecule has 0 spiro atoms. The number of aliphatic hydroxyl groups excluding tert-OH is 1. The molecule has 2 aliphatic carbocycles. The van der Waals surface area contributed by atoms with Crippen LogP contribution in [0.25, 0.3) is 0 Å². The third-order valence-corrected chi connectivity index (χ3v) is 7.50. The Morgan fingerprint density at radius 1 is 1.17 bits per heavy atom. The fourth-order valence-corrected chi connectivity index (χ4v) is 6.38. The molecule has 1 aromatic rings. The molecular formula is C16H17ClO5S. The molecule has 0 bridgehead atoms. The van der Waals surface area contributed by atoms with Crippen LogP contribution < -0.4 is 0 Å². The minimum atomic E-state index is -3.76. The van der Waals surface area contributed by atoms with Crippen LogP contribution in [0.2, 0.25) is 5.02 Å². The van der Waals surface area contributed by atoms with Crippen molar-refractivity contribution in [2.45, 2.75) is 42.3 Å². The van der Waals surface area contributed by atoms with Crippen LogP contribution in [-0.4, -0.2) is 36.0 Å². The van der Waals surface area contributed by atoms with Gasteiger partial charge in [-0.2, -0.15) is 0 Å². The standard InChI is InChI=1S/C16H17ClO5S/c17-12-3-1-2-9-4-6-14(15(9)12)23(21,22)13-7-5-10(18)8-11(13)16(19)20/h1-3,8,10,13-14,18H,4-7H2,(H,19,20). The lowest BCUT2D eigenvalue weighted by molar-refractivity contribution is -0.133. The van der Waals surface area contributed by atoms with Crippen molar-refractivity contribution in [2.24, 2.45) is 0 Å². The van der Waals surface area contributed by atoms with Crippen LogP contribution in [0.3, 0.4) is 0 Å². The average molecular weight is 357 g/mol. The molecule has 3 atom stereocenters. The molecule has 5 nitrogen and oxygen atoms in total. The number of hydrogen-bond donors (Lipinski definition) is 2. The molecule has 3 unspecified atom stereocenters. The summed E-state index contributed by atoms with van der Waals surface area (Å²) in [6, 6.07) is 5.30. The zero-order chi connectivity index (χ0) is 16.8. The van der Waals surface area contributed by atoms with E-state index in [2.05, 4.69) is 0 Å². The van der Waals surface area contributed by atoms with Crippen molar-refractivity contribution in [3.05, 3.63) is 46.0 Å². The summed E-state index contributed by atoms with van der Waals surface area (Å²) in [6.07, 6.45) is 1.61. The Morgan fingerprint density at radius 2 is 1.91 bits per heavy atom. The van der Waals surface area contributed by atoms with Crippen LogP contribution in [0.5, 0.6) is 0 Å². The predicted octanol–water partition coefficient (Wildman–Crippen LogP) is 2.28. The van der Waals surface area contributed by atoms with Crippen LogP contribution in [0.4, 0.5) is 0 Å². The monoisotopic (exact) mass is 356 g/mol. The van der Waals surface area contributed by atoms with Gasteiger partial charge in [-0.3, -0.25) is 0 Å². The van der Waals surface area contributed by atoms with Crippen molar-refractivity contribution in [3.8, 4) is 0 Å². The molecule has 7 heteroatoms. The second-order valence-corrected chi connectivity index (χ2v) is 8.71. The Hall–Kier alpha value is -1.37. The maximum Gasteiger partial charge on any atom is 0.332 e. The number of benzene rings is 1. The number of carboxylic acid groups (broad SMARTS) is 1. The zero-order valence-electron chi connectivity index (χ0n) is 12.3. The van der Waals surface area contributed by atoms with E-state index in [9.17, 15) is 23.4 Å². The van der Waals surface area contributed by atoms with E-state index in [-0.39, 0.29) is 18.4 Å². The third kappa shape index (κ3) is 2.79. The SMILES string of the molecule is O=C(O)C1=CC(O)CCC1S(=O)(=O)C1CCc2cccc(Cl)c21. The third-order valence-electron chi connectivity index (χ3n) is 4.62. The highest BCUT2D eigenvalue weighted by Gasteiger charge is 2.44. The zero-order valence-corrected chi connectivity index (χ0v) is 13.8. The number of carbonyl (C=O) groups is 1. The second-order valence-electron chi connectivity index (χ2n) is 5.99. The van der Waals surface area contributed by atoms with Gasteiger partial charge in [0.05, 0.1) is 22.2 Å². The highest BCUT2D eigenvalue weighted by Crippen LogP contribution is 2.44. The number of halogens is 1. The van der Waals surface area contributed by atoms with Gasteiger partial charge >= 0.3 is 5.97 Å². The highest BCUT2D eigenvalue weighted by atomic mass is 35.5. The topological polar surface area (TPSA) is 91.7 Å². The molecular weight excluding hydrogens is 340 g/mol. The van der Waals surface area contributed by atoms with E-state index in [1.54, 1.807) is 12.1 Å². The summed E-state index contributed by atoms with van der Waals surface area (Å²) >= 11 is 6.20. The number of aliphatic hydroxyl groups is 1. The van der Waals surface area contributed by atoms with Gasteiger partial charge in [0.1, 0.15) is 0 Å². The normalized spacial score (nSPS) is 27.4. The van der Waals surface area contributed by atoms with E-state index in [0.717, 1.165) is 11.6 Å². The number of aliphatic carboxylic acids is 1. The molecule has 2 N–H and O–H groups in total. The summed E-state index contributed by atoms with van der Waals surface area (Å²) in [5, 5.41) is 17.5. The predicted molar refractivity (Wildman–Crippen MR) is 86.2 cm³/mol. The molecule has 0 fully saturated rings. The smallest absolute Gasteiger partial charge is 0.332 e. The quantitative estimate of drug-likeness (QED) is 0.866. The lowest BCUT2D eigenvalue weighted by atomic mass is 9.97. The maximum absolute atomic E-state index is 13.1. The first-order chi connectivity index (χ1) is 10.8. The summed E-state index contributed by atoms with van der Waals surface area (Å²) in [4.78, 5) is 11.4. The fraction of sp³-hybridized carbons (Fsp3) is 0.438. The minimum Gasteiger partial charge on any atom is -0.478 e. The first-order valence-corrected chi connectivity index (χ1v) is 9.44. The van der Waals surface area contributed by atoms with Crippen LogP contribution >= 0.6 is 11.6 Å². The Balaban J connectivity index is 2.04. The van der Waals surface area contributed by atoms with E-state index >= 15 is 0 Å². The summed E-state index contributed by atoms with van der Waals surface area (Å²) in [6.45, 7) is 0. The summed E-state index contributed by atoms with van der Waals surface area (Å²) in [5.74, 6) is -1.30. The number of carboxylic acids is 1. The van der Waals surface area contributed by atoms with Gasteiger partial charge in [0, 0.05) is 5.02 Å². The van der Waals surface area contributed by atoms with Crippen molar-refractivity contribution in [3.63, 3.8) is 0 Å². The highest BCUT2D eigenvalue weighted by molar-refractivity contribution is 7.92. The molecule has 0 amide bonds. The number of sulfone groups is 1. The summed E-state index contributed by atoms with van der Waals surface area (Å²) in [7, 11) is -3.76. The van der Waals surface area contributed by atoms with Gasteiger partial charge in [-0.15, -0.1) is 0 Å². The van der Waals surface area contributed by atoms with Crippen LogP contribution in [0, 0.1) is 0 Å². The minimum absolute atomic E-state index is 0.109. The van der Waals surface area contributed by atoms with Crippen LogP contribution in [-0.2, 0) is 21.1 Å². The maximum atomic E-state index is 13.1. The van der Waals surface area contributed by atoms with Gasteiger partial charge in [-0.05, 0) is 49.0 Å². The molecule has 1 aromatic carbocycles. The summed E-state index contributed by atoms with van der Waals surface area (Å²) in [5.41, 5.74) is 1.28. The van der Waals surface area contributed by atoms with Gasteiger partial charge < -0.3 is 10.2 Å². The van der Waals surface area contributed by atoms with Gasteiger partial charge in [-0.25, -0.2) is 13.2 Å². The van der Waals surface area contributed by atoms with Crippen molar-refractivity contribution >= 4 is 27.4 Å². The van der Waals surface area contributed by atoms with Gasteiger partial charge in [0.15, 0.2) is 9.84 Å². The molecule has 2 aliphatic rings. The molecule has 0 aliphatic heterocycles. The largest absolute Gasteiger partial charge is 0.478 e. The lowest BCUT2D eigenvalue weighted by Crippen LogP contribution is -2.35. The molecule has 0 heterocycles. The Labute approximate surface area is 139 Å². The Morgan fingerprint density at radius 3 is 2.61 bits per heavy atom. The fourth-order valence-electron chi connectivity index (χ4n) is 3.54. The number of aryl methyl sites for hydroxylation is 1. The molecule has 124 valence electrons. The Kier molecular flexibility index (Phi) is 4.25. The van der Waals surface area contributed by atoms with Crippen molar-refractivity contribution < 1.29 is 23.4 Å². The van der Waals surface area contributed by atoms with Crippen molar-refractivity contribution in [2.75, 3.05) is 0 Å². The number of hydrogen-bond acceptors (Lipinski definition) is 4.